The van der Waals surface area contributed by atoms with E-state index in [1.807, 2.05) is 0 Å². The number of rotatable bonds is 5. The Balaban J connectivity index is 2.21. The molecule has 0 radical (unpaired) electrons. The van der Waals surface area contributed by atoms with Crippen LogP contribution in [0.2, 0.25) is 0 Å². The largest absolute Gasteiger partial charge is 0.497 e. The van der Waals surface area contributed by atoms with Crippen molar-refractivity contribution < 1.29 is 37.3 Å². The Morgan fingerprint density at radius 1 is 1.10 bits per heavy atom. The van der Waals surface area contributed by atoms with Crippen molar-refractivity contribution in [1.82, 2.24) is 10.6 Å². The van der Waals surface area contributed by atoms with E-state index in [4.69, 9.17) is 9.47 Å². The minimum Gasteiger partial charge on any atom is -0.497 e. The van der Waals surface area contributed by atoms with Gasteiger partial charge in [-0.1, -0.05) is 30.3 Å². The molecule has 1 aliphatic rings. The molecule has 7 nitrogen and oxygen atoms in total. The number of ether oxygens (including phenoxy) is 2. The third-order valence-corrected chi connectivity index (χ3v) is 4.92. The number of carbonyl (C=O) groups is 2. The maximum atomic E-state index is 13.9. The van der Waals surface area contributed by atoms with Crippen molar-refractivity contribution in [3.63, 3.8) is 0 Å². The Morgan fingerprint density at radius 3 is 2.33 bits per heavy atom. The van der Waals surface area contributed by atoms with Crippen LogP contribution in [-0.4, -0.2) is 43.0 Å². The van der Waals surface area contributed by atoms with Gasteiger partial charge in [0.25, 0.3) is 0 Å². The van der Waals surface area contributed by atoms with Gasteiger partial charge in [0.05, 0.1) is 20.3 Å². The first-order chi connectivity index (χ1) is 14.1. The van der Waals surface area contributed by atoms with E-state index in [-0.39, 0.29) is 16.9 Å². The fraction of sp³-hybridized carbons (Fsp3) is 0.300. The molecule has 0 aliphatic carbocycles. The Bertz CT molecular complexity index is 951. The summed E-state index contributed by atoms with van der Waals surface area (Å²) in [7, 11) is 2.68. The van der Waals surface area contributed by atoms with Crippen molar-refractivity contribution in [3.8, 4) is 11.5 Å². The van der Waals surface area contributed by atoms with Crippen LogP contribution in [0.3, 0.4) is 0 Å². The first kappa shape index (κ1) is 21.4. The molecule has 1 heterocycles. The standard InChI is InChI=1S/C20H19F3N2O5/c1-29-12-8-9-13(14(10-12)30-2)16-15(17(26)11-6-4-3-5-7-11)19(28,20(21,22)23)25-18(27)24-16/h3-10,15-16,28H,1-2H3,(H2,24,25,27)/t15-,16+,19-/m1/s1. The fourth-order valence-corrected chi connectivity index (χ4v) is 3.46. The Hall–Kier alpha value is -3.27. The molecule has 2 amide bonds. The lowest BCUT2D eigenvalue weighted by Crippen LogP contribution is -2.72. The number of halogens is 3. The number of hydrogen-bond acceptors (Lipinski definition) is 5. The van der Waals surface area contributed by atoms with Crippen LogP contribution in [0.4, 0.5) is 18.0 Å². The van der Waals surface area contributed by atoms with Gasteiger partial charge in [-0.2, -0.15) is 13.2 Å². The molecule has 3 rings (SSSR count). The van der Waals surface area contributed by atoms with Crippen LogP contribution < -0.4 is 20.1 Å². The molecule has 160 valence electrons. The summed E-state index contributed by atoms with van der Waals surface area (Å²) in [5.74, 6) is -2.71. The quantitative estimate of drug-likeness (QED) is 0.642. The van der Waals surface area contributed by atoms with E-state index in [1.54, 1.807) is 6.07 Å². The number of carbonyl (C=O) groups excluding carboxylic acids is 2. The van der Waals surface area contributed by atoms with Crippen molar-refractivity contribution in [2.75, 3.05) is 14.2 Å². The molecule has 1 saturated heterocycles. The number of amides is 2. The second kappa shape index (κ2) is 7.86. The molecule has 1 fully saturated rings. The lowest BCUT2D eigenvalue weighted by Gasteiger charge is -2.45. The summed E-state index contributed by atoms with van der Waals surface area (Å²) in [4.78, 5) is 25.2. The molecule has 2 aromatic rings. The van der Waals surface area contributed by atoms with Crippen LogP contribution in [0.1, 0.15) is 22.0 Å². The summed E-state index contributed by atoms with van der Waals surface area (Å²) in [5, 5.41) is 14.4. The summed E-state index contributed by atoms with van der Waals surface area (Å²) in [5.41, 5.74) is -3.79. The van der Waals surface area contributed by atoms with Gasteiger partial charge in [0.1, 0.15) is 17.4 Å². The summed E-state index contributed by atoms with van der Waals surface area (Å²) in [6.45, 7) is 0. The molecule has 2 aromatic carbocycles. The maximum Gasteiger partial charge on any atom is 0.437 e. The number of hydrogen-bond donors (Lipinski definition) is 3. The van der Waals surface area contributed by atoms with Gasteiger partial charge in [-0.25, -0.2) is 4.79 Å². The summed E-state index contributed by atoms with van der Waals surface area (Å²) in [6.07, 6.45) is -5.34. The van der Waals surface area contributed by atoms with Crippen molar-refractivity contribution >= 4 is 11.8 Å². The van der Waals surface area contributed by atoms with E-state index in [1.165, 1.54) is 62.0 Å². The highest BCUT2D eigenvalue weighted by molar-refractivity contribution is 6.00. The van der Waals surface area contributed by atoms with E-state index in [2.05, 4.69) is 5.32 Å². The molecule has 10 heteroatoms. The highest BCUT2D eigenvalue weighted by Gasteiger charge is 2.66. The number of methoxy groups -OCH3 is 2. The van der Waals surface area contributed by atoms with Crippen molar-refractivity contribution in [2.45, 2.75) is 17.9 Å². The molecule has 1 aliphatic heterocycles. The molecular formula is C20H19F3N2O5. The number of aliphatic hydroxyl groups is 1. The molecule has 3 N–H and O–H groups in total. The van der Waals surface area contributed by atoms with E-state index in [0.29, 0.717) is 5.75 Å². The highest BCUT2D eigenvalue weighted by Crippen LogP contribution is 2.46. The lowest BCUT2D eigenvalue weighted by atomic mass is 9.77. The van der Waals surface area contributed by atoms with Gasteiger partial charge in [0.2, 0.25) is 5.72 Å². The average Bonchev–Trinajstić information content (AvgIpc) is 2.72. The first-order valence-corrected chi connectivity index (χ1v) is 8.81. The van der Waals surface area contributed by atoms with Crippen molar-refractivity contribution in [3.05, 3.63) is 59.7 Å². The molecule has 0 aromatic heterocycles. The van der Waals surface area contributed by atoms with Gasteiger partial charge in [0.15, 0.2) is 5.78 Å². The zero-order valence-electron chi connectivity index (χ0n) is 16.0. The third-order valence-electron chi connectivity index (χ3n) is 4.92. The second-order valence-electron chi connectivity index (χ2n) is 6.66. The Kier molecular flexibility index (Phi) is 5.62. The topological polar surface area (TPSA) is 96.9 Å². The fourth-order valence-electron chi connectivity index (χ4n) is 3.46. The SMILES string of the molecule is COc1ccc([C@@H]2NC(=O)N[C@](O)(C(F)(F)F)[C@H]2C(=O)c2ccccc2)c(OC)c1. The van der Waals surface area contributed by atoms with E-state index in [9.17, 15) is 27.9 Å². The van der Waals surface area contributed by atoms with Crippen LogP contribution in [0.25, 0.3) is 0 Å². The Morgan fingerprint density at radius 2 is 1.77 bits per heavy atom. The van der Waals surface area contributed by atoms with Crippen molar-refractivity contribution in [1.29, 1.82) is 0 Å². The van der Waals surface area contributed by atoms with Gasteiger partial charge in [-0.3, -0.25) is 4.79 Å². The third kappa shape index (κ3) is 3.65. The minimum absolute atomic E-state index is 0.0550. The van der Waals surface area contributed by atoms with Crippen LogP contribution in [0, 0.1) is 5.92 Å². The predicted molar refractivity (Wildman–Crippen MR) is 99.2 cm³/mol. The number of Topliss-reactive ketones (excluding diaryl/α,β-unsaturated/α-hetero) is 1. The molecule has 0 saturated carbocycles. The number of urea groups is 1. The van der Waals surface area contributed by atoms with Gasteiger partial charge in [-0.15, -0.1) is 0 Å². The molecule has 30 heavy (non-hydrogen) atoms. The smallest absolute Gasteiger partial charge is 0.437 e. The second-order valence-corrected chi connectivity index (χ2v) is 6.66. The van der Waals surface area contributed by atoms with E-state index in [0.717, 1.165) is 0 Å². The zero-order chi connectivity index (χ0) is 22.1. The highest BCUT2D eigenvalue weighted by atomic mass is 19.4. The number of ketones is 1. The average molecular weight is 424 g/mol. The predicted octanol–water partition coefficient (Wildman–Crippen LogP) is 2.81. The Labute approximate surface area is 169 Å². The van der Waals surface area contributed by atoms with Gasteiger partial charge >= 0.3 is 12.2 Å². The summed E-state index contributed by atoms with van der Waals surface area (Å²) < 4.78 is 52.1. The number of nitrogens with one attached hydrogen (secondary N) is 2. The van der Waals surface area contributed by atoms with E-state index >= 15 is 0 Å². The molecule has 0 spiro atoms. The van der Waals surface area contributed by atoms with Gasteiger partial charge in [0, 0.05) is 17.2 Å². The summed E-state index contributed by atoms with van der Waals surface area (Å²) >= 11 is 0. The van der Waals surface area contributed by atoms with Gasteiger partial charge in [-0.05, 0) is 12.1 Å². The van der Waals surface area contributed by atoms with Gasteiger partial charge < -0.3 is 25.2 Å². The summed E-state index contributed by atoms with van der Waals surface area (Å²) in [6, 6.07) is 8.62. The monoisotopic (exact) mass is 424 g/mol. The zero-order valence-corrected chi connectivity index (χ0v) is 16.0. The number of benzene rings is 2. The minimum atomic E-state index is -5.34. The van der Waals surface area contributed by atoms with Crippen LogP contribution in [-0.2, 0) is 0 Å². The molecule has 0 unspecified atom stereocenters. The molecule has 3 atom stereocenters. The lowest BCUT2D eigenvalue weighted by molar-refractivity contribution is -0.287. The normalized spacial score (nSPS) is 23.9. The molecule has 0 bridgehead atoms. The van der Waals surface area contributed by atoms with Crippen LogP contribution in [0.5, 0.6) is 11.5 Å². The van der Waals surface area contributed by atoms with Crippen LogP contribution in [0.15, 0.2) is 48.5 Å². The van der Waals surface area contributed by atoms with E-state index < -0.39 is 35.7 Å². The van der Waals surface area contributed by atoms with Crippen LogP contribution >= 0.6 is 0 Å². The maximum absolute atomic E-state index is 13.9. The molecular weight excluding hydrogens is 405 g/mol. The van der Waals surface area contributed by atoms with Crippen molar-refractivity contribution in [2.24, 2.45) is 5.92 Å². The first-order valence-electron chi connectivity index (χ1n) is 8.81. The number of alkyl halides is 3.